The summed E-state index contributed by atoms with van der Waals surface area (Å²) in [4.78, 5) is 17.9. The maximum atomic E-state index is 4.64. The Morgan fingerprint density at radius 1 is 0.861 bits per heavy atom. The maximum Gasteiger partial charge on any atom is 0.139 e. The molecule has 0 radical (unpaired) electrons. The van der Waals surface area contributed by atoms with Gasteiger partial charge in [-0.25, -0.2) is 19.9 Å². The molecule has 0 unspecified atom stereocenters. The van der Waals surface area contributed by atoms with Crippen LogP contribution in [0.15, 0.2) is 67.5 Å². The van der Waals surface area contributed by atoms with Gasteiger partial charge in [0.25, 0.3) is 0 Å². The van der Waals surface area contributed by atoms with Gasteiger partial charge in [-0.1, -0.05) is 12.1 Å². The fourth-order valence-corrected chi connectivity index (χ4v) is 3.99. The van der Waals surface area contributed by atoms with Gasteiger partial charge in [0.1, 0.15) is 23.8 Å². The fourth-order valence-electron chi connectivity index (χ4n) is 3.99. The Morgan fingerprint density at radius 2 is 1.69 bits per heavy atom. The topological polar surface area (TPSA) is 105 Å². The lowest BCUT2D eigenvalue weighted by Gasteiger charge is -2.18. The van der Waals surface area contributed by atoms with E-state index in [1.807, 2.05) is 54.6 Å². The number of anilines is 5. The molecule has 0 amide bonds. The average Bonchev–Trinajstić information content (AvgIpc) is 3.35. The SMILES string of the molecule is CNc1cc(-c2cccnc2Nc2c(C)ccc3c(Nc4cnn(C(C)(C)C)c4)nccc23)ncn1. The molecule has 0 atom stereocenters. The average molecular weight is 480 g/mol. The minimum atomic E-state index is -0.0989. The first-order valence-electron chi connectivity index (χ1n) is 11.8. The summed E-state index contributed by atoms with van der Waals surface area (Å²) in [5.74, 6) is 2.22. The zero-order valence-electron chi connectivity index (χ0n) is 21.0. The van der Waals surface area contributed by atoms with E-state index in [1.165, 1.54) is 0 Å². The van der Waals surface area contributed by atoms with Crippen molar-refractivity contribution in [3.05, 3.63) is 73.1 Å². The third kappa shape index (κ3) is 4.55. The third-order valence-corrected chi connectivity index (χ3v) is 5.94. The highest BCUT2D eigenvalue weighted by Gasteiger charge is 2.16. The predicted molar refractivity (Wildman–Crippen MR) is 145 cm³/mol. The zero-order chi connectivity index (χ0) is 25.3. The van der Waals surface area contributed by atoms with Gasteiger partial charge in [0.2, 0.25) is 0 Å². The predicted octanol–water partition coefficient (Wildman–Crippen LogP) is 5.88. The third-order valence-electron chi connectivity index (χ3n) is 5.94. The highest BCUT2D eigenvalue weighted by molar-refractivity contribution is 6.03. The molecule has 5 rings (SSSR count). The van der Waals surface area contributed by atoms with E-state index in [4.69, 9.17) is 0 Å². The lowest BCUT2D eigenvalue weighted by molar-refractivity contribution is 0.355. The van der Waals surface area contributed by atoms with Gasteiger partial charge in [-0.15, -0.1) is 0 Å². The molecule has 0 fully saturated rings. The number of aryl methyl sites for hydroxylation is 1. The van der Waals surface area contributed by atoms with Gasteiger partial charge in [0.15, 0.2) is 0 Å². The van der Waals surface area contributed by atoms with Gasteiger partial charge < -0.3 is 16.0 Å². The Kier molecular flexibility index (Phi) is 5.97. The summed E-state index contributed by atoms with van der Waals surface area (Å²) >= 11 is 0. The molecule has 3 N–H and O–H groups in total. The quantitative estimate of drug-likeness (QED) is 0.277. The highest BCUT2D eigenvalue weighted by atomic mass is 15.3. The molecule has 0 spiro atoms. The summed E-state index contributed by atoms with van der Waals surface area (Å²) in [7, 11) is 1.84. The van der Waals surface area contributed by atoms with Crippen LogP contribution in [0.5, 0.6) is 0 Å². The van der Waals surface area contributed by atoms with Crippen LogP contribution in [0.3, 0.4) is 0 Å². The van der Waals surface area contributed by atoms with E-state index < -0.39 is 0 Å². The van der Waals surface area contributed by atoms with Crippen LogP contribution in [0.4, 0.5) is 28.8 Å². The molecule has 9 nitrogen and oxygen atoms in total. The molecule has 0 saturated carbocycles. The zero-order valence-corrected chi connectivity index (χ0v) is 21.0. The Balaban J connectivity index is 1.54. The molecule has 0 bridgehead atoms. The van der Waals surface area contributed by atoms with E-state index in [1.54, 1.807) is 12.5 Å². The van der Waals surface area contributed by atoms with Crippen molar-refractivity contribution in [2.45, 2.75) is 33.2 Å². The number of aromatic nitrogens is 6. The van der Waals surface area contributed by atoms with Crippen molar-refractivity contribution in [3.63, 3.8) is 0 Å². The molecule has 0 aliphatic carbocycles. The van der Waals surface area contributed by atoms with Crippen LogP contribution in [0.25, 0.3) is 22.0 Å². The van der Waals surface area contributed by atoms with Crippen molar-refractivity contribution in [1.29, 1.82) is 0 Å². The summed E-state index contributed by atoms with van der Waals surface area (Å²) in [6, 6.07) is 12.0. The van der Waals surface area contributed by atoms with Gasteiger partial charge >= 0.3 is 0 Å². The van der Waals surface area contributed by atoms with E-state index in [2.05, 4.69) is 80.8 Å². The van der Waals surface area contributed by atoms with E-state index >= 15 is 0 Å². The van der Waals surface area contributed by atoms with Gasteiger partial charge in [-0.05, 0) is 51.5 Å². The van der Waals surface area contributed by atoms with Crippen LogP contribution >= 0.6 is 0 Å². The number of pyridine rings is 2. The fraction of sp³-hybridized carbons (Fsp3) is 0.222. The highest BCUT2D eigenvalue weighted by Crippen LogP contribution is 2.36. The molecule has 0 saturated heterocycles. The molecule has 5 aromatic rings. The first-order chi connectivity index (χ1) is 17.3. The van der Waals surface area contributed by atoms with E-state index in [9.17, 15) is 0 Å². The van der Waals surface area contributed by atoms with Crippen molar-refractivity contribution >= 4 is 39.6 Å². The summed E-state index contributed by atoms with van der Waals surface area (Å²) in [5, 5.41) is 16.6. The minimum Gasteiger partial charge on any atom is -0.373 e. The standard InChI is InChI=1S/C27H29N9/c1-17-8-9-20-19(10-12-30-25(20)34-18-14-33-36(15-18)27(2,3)4)24(17)35-26-21(7-6-11-29-26)22-13-23(28-5)32-16-31-22/h6-16H,1-5H3,(H,29,35)(H,30,34)(H,28,31,32). The summed E-state index contributed by atoms with van der Waals surface area (Å²) in [6.45, 7) is 8.43. The lowest BCUT2D eigenvalue weighted by Crippen LogP contribution is -2.21. The second kappa shape index (κ2) is 9.26. The van der Waals surface area contributed by atoms with Crippen LogP contribution in [0.2, 0.25) is 0 Å². The minimum absolute atomic E-state index is 0.0989. The molecule has 182 valence electrons. The van der Waals surface area contributed by atoms with Gasteiger partial charge in [0.05, 0.1) is 28.8 Å². The van der Waals surface area contributed by atoms with Crippen LogP contribution in [-0.4, -0.2) is 36.8 Å². The number of hydrogen-bond donors (Lipinski definition) is 3. The first-order valence-corrected chi connectivity index (χ1v) is 11.8. The summed E-state index contributed by atoms with van der Waals surface area (Å²) < 4.78 is 1.94. The Morgan fingerprint density at radius 3 is 2.47 bits per heavy atom. The smallest absolute Gasteiger partial charge is 0.139 e. The van der Waals surface area contributed by atoms with Crippen molar-refractivity contribution in [1.82, 2.24) is 29.7 Å². The van der Waals surface area contributed by atoms with Gasteiger partial charge in [-0.3, -0.25) is 4.68 Å². The number of hydrogen-bond acceptors (Lipinski definition) is 8. The monoisotopic (exact) mass is 479 g/mol. The molecule has 9 heteroatoms. The lowest BCUT2D eigenvalue weighted by atomic mass is 10.0. The van der Waals surface area contributed by atoms with E-state index in [0.29, 0.717) is 5.82 Å². The van der Waals surface area contributed by atoms with E-state index in [0.717, 1.165) is 50.6 Å². The Bertz CT molecular complexity index is 1530. The van der Waals surface area contributed by atoms with E-state index in [-0.39, 0.29) is 5.54 Å². The number of rotatable bonds is 6. The number of fused-ring (bicyclic) bond motifs is 1. The molecular formula is C27H29N9. The van der Waals surface area contributed by atoms with Crippen LogP contribution < -0.4 is 16.0 Å². The molecule has 36 heavy (non-hydrogen) atoms. The molecular weight excluding hydrogens is 450 g/mol. The molecule has 4 aromatic heterocycles. The summed E-state index contributed by atoms with van der Waals surface area (Å²) in [5.41, 5.74) is 4.51. The molecule has 0 aliphatic heterocycles. The number of benzene rings is 1. The Labute approximate surface area is 210 Å². The molecule has 1 aromatic carbocycles. The number of nitrogens with one attached hydrogen (secondary N) is 3. The van der Waals surface area contributed by atoms with Gasteiger partial charge in [0, 0.05) is 48.0 Å². The second-order valence-corrected chi connectivity index (χ2v) is 9.54. The normalized spacial score (nSPS) is 11.5. The Hall–Kier alpha value is -4.53. The van der Waals surface area contributed by atoms with Crippen LogP contribution in [-0.2, 0) is 5.54 Å². The van der Waals surface area contributed by atoms with Crippen molar-refractivity contribution in [2.75, 3.05) is 23.0 Å². The van der Waals surface area contributed by atoms with Crippen LogP contribution in [0.1, 0.15) is 26.3 Å². The largest absolute Gasteiger partial charge is 0.373 e. The second-order valence-electron chi connectivity index (χ2n) is 9.54. The van der Waals surface area contributed by atoms with Crippen molar-refractivity contribution < 1.29 is 0 Å². The maximum absolute atomic E-state index is 4.64. The first kappa shape index (κ1) is 23.2. The van der Waals surface area contributed by atoms with Crippen molar-refractivity contribution in [2.24, 2.45) is 0 Å². The van der Waals surface area contributed by atoms with Gasteiger partial charge in [-0.2, -0.15) is 5.10 Å². The van der Waals surface area contributed by atoms with Crippen LogP contribution in [0, 0.1) is 6.92 Å². The molecule has 0 aliphatic rings. The summed E-state index contributed by atoms with van der Waals surface area (Å²) in [6.07, 6.45) is 8.95. The number of nitrogens with zero attached hydrogens (tertiary/aromatic N) is 6. The van der Waals surface area contributed by atoms with Crippen molar-refractivity contribution in [3.8, 4) is 11.3 Å². The molecule has 4 heterocycles.